The van der Waals surface area contributed by atoms with Crippen LogP contribution in [0.2, 0.25) is 0 Å². The molecule has 188 valence electrons. The van der Waals surface area contributed by atoms with Gasteiger partial charge >= 0.3 is 5.97 Å². The number of hydrogen-bond acceptors (Lipinski definition) is 7. The van der Waals surface area contributed by atoms with Gasteiger partial charge in [-0.05, 0) is 61.4 Å². The van der Waals surface area contributed by atoms with Crippen molar-refractivity contribution in [3.05, 3.63) is 60.2 Å². The Kier molecular flexibility index (Phi) is 8.42. The zero-order valence-corrected chi connectivity index (χ0v) is 20.4. The summed E-state index contributed by atoms with van der Waals surface area (Å²) in [4.78, 5) is 29.1. The van der Waals surface area contributed by atoms with E-state index in [1.807, 2.05) is 54.3 Å². The number of rotatable bonds is 11. The predicted octanol–water partition coefficient (Wildman–Crippen LogP) is 3.87. The molecule has 2 heterocycles. The number of ketones is 1. The van der Waals surface area contributed by atoms with Crippen molar-refractivity contribution in [1.82, 2.24) is 0 Å². The van der Waals surface area contributed by atoms with Gasteiger partial charge in [0.15, 0.2) is 11.8 Å². The second-order valence-electron chi connectivity index (χ2n) is 9.35. The highest BCUT2D eigenvalue weighted by molar-refractivity contribution is 6.08. The van der Waals surface area contributed by atoms with Gasteiger partial charge in [0.25, 0.3) is 0 Å². The lowest BCUT2D eigenvalue weighted by Crippen LogP contribution is -2.56. The Hall–Kier alpha value is -2.90. The van der Waals surface area contributed by atoms with Crippen molar-refractivity contribution in [2.24, 2.45) is 5.92 Å². The van der Waals surface area contributed by atoms with E-state index in [-0.39, 0.29) is 25.4 Å². The number of para-hydroxylation sites is 1. The third kappa shape index (κ3) is 5.85. The lowest BCUT2D eigenvalue weighted by molar-refractivity contribution is -0.175. The van der Waals surface area contributed by atoms with Gasteiger partial charge in [0.05, 0.1) is 13.0 Å². The maximum atomic E-state index is 13.7. The molecule has 3 unspecified atom stereocenters. The van der Waals surface area contributed by atoms with Gasteiger partial charge < -0.3 is 24.2 Å². The van der Waals surface area contributed by atoms with Crippen LogP contribution in [0.25, 0.3) is 0 Å². The molecule has 35 heavy (non-hydrogen) atoms. The minimum Gasteiger partial charge on any atom is -0.491 e. The van der Waals surface area contributed by atoms with Gasteiger partial charge in [-0.1, -0.05) is 37.3 Å². The molecular weight excluding hydrogens is 446 g/mol. The molecule has 1 N–H and O–H groups in total. The van der Waals surface area contributed by atoms with Crippen LogP contribution in [0.4, 0.5) is 5.69 Å². The van der Waals surface area contributed by atoms with E-state index in [0.29, 0.717) is 31.2 Å². The first-order chi connectivity index (χ1) is 17.1. The Morgan fingerprint density at radius 3 is 2.51 bits per heavy atom. The molecule has 2 aromatic rings. The van der Waals surface area contributed by atoms with Crippen LogP contribution in [0, 0.1) is 5.92 Å². The Morgan fingerprint density at radius 2 is 1.89 bits per heavy atom. The normalized spacial score (nSPS) is 24.3. The van der Waals surface area contributed by atoms with Crippen molar-refractivity contribution in [1.29, 1.82) is 0 Å². The third-order valence-corrected chi connectivity index (χ3v) is 6.87. The van der Waals surface area contributed by atoms with E-state index in [0.717, 1.165) is 37.1 Å². The number of carbonyl (C=O) groups excluding carboxylic acids is 2. The number of nitrogens with zero attached hydrogens (tertiary/aromatic N) is 1. The van der Waals surface area contributed by atoms with Crippen LogP contribution in [0.15, 0.2) is 54.6 Å². The number of aliphatic hydroxyl groups excluding tert-OH is 1. The van der Waals surface area contributed by atoms with Crippen molar-refractivity contribution in [2.75, 3.05) is 37.9 Å². The molecule has 2 aliphatic rings. The average molecular weight is 482 g/mol. The molecule has 2 fully saturated rings. The van der Waals surface area contributed by atoms with Gasteiger partial charge in [0.2, 0.25) is 0 Å². The zero-order chi connectivity index (χ0) is 24.7. The van der Waals surface area contributed by atoms with Gasteiger partial charge in [0.1, 0.15) is 18.0 Å². The molecule has 3 atom stereocenters. The monoisotopic (exact) mass is 481 g/mol. The van der Waals surface area contributed by atoms with Crippen molar-refractivity contribution in [2.45, 2.75) is 50.7 Å². The summed E-state index contributed by atoms with van der Waals surface area (Å²) < 4.78 is 17.3. The van der Waals surface area contributed by atoms with Gasteiger partial charge in [-0.2, -0.15) is 0 Å². The minimum absolute atomic E-state index is 0.0711. The molecule has 0 bridgehead atoms. The standard InChI is InChI=1S/C28H35NO6/c1-2-15-29(23-6-4-3-5-7-23)26-25(31)19-28(35-27(26)32,14-12-21-13-17-33-20-21)22-8-10-24(11-9-22)34-18-16-30/h3-11,21,26,30H,2,12-20H2,1H3. The highest BCUT2D eigenvalue weighted by atomic mass is 16.6. The summed E-state index contributed by atoms with van der Waals surface area (Å²) in [6, 6.07) is 15.9. The topological polar surface area (TPSA) is 85.3 Å². The molecule has 0 radical (unpaired) electrons. The number of cyclic esters (lactones) is 1. The molecule has 2 aromatic carbocycles. The van der Waals surface area contributed by atoms with E-state index in [4.69, 9.17) is 19.3 Å². The van der Waals surface area contributed by atoms with Crippen LogP contribution in [-0.4, -0.2) is 55.9 Å². The molecule has 2 aliphatic heterocycles. The Bertz CT molecular complexity index is 953. The van der Waals surface area contributed by atoms with Crippen LogP contribution >= 0.6 is 0 Å². The fourth-order valence-electron chi connectivity index (χ4n) is 5.07. The zero-order valence-electron chi connectivity index (χ0n) is 20.4. The highest BCUT2D eigenvalue weighted by Gasteiger charge is 2.50. The Labute approximate surface area is 207 Å². The average Bonchev–Trinajstić information content (AvgIpc) is 3.40. The lowest BCUT2D eigenvalue weighted by atomic mass is 9.79. The number of benzene rings is 2. The molecule has 0 amide bonds. The number of Topliss-reactive ketones (excluding diaryl/α,β-unsaturated/α-hetero) is 1. The number of anilines is 1. The number of hydrogen-bond donors (Lipinski definition) is 1. The fraction of sp³-hybridized carbons (Fsp3) is 0.500. The quantitative estimate of drug-likeness (QED) is 0.385. The maximum absolute atomic E-state index is 13.7. The van der Waals surface area contributed by atoms with Crippen LogP contribution in [0.3, 0.4) is 0 Å². The van der Waals surface area contributed by atoms with Crippen LogP contribution in [0.5, 0.6) is 5.75 Å². The number of ether oxygens (including phenoxy) is 3. The molecule has 0 aliphatic carbocycles. The summed E-state index contributed by atoms with van der Waals surface area (Å²) in [7, 11) is 0. The summed E-state index contributed by atoms with van der Waals surface area (Å²) >= 11 is 0. The van der Waals surface area contributed by atoms with E-state index in [1.54, 1.807) is 12.1 Å². The van der Waals surface area contributed by atoms with Crippen LogP contribution in [-0.2, 0) is 24.7 Å². The van der Waals surface area contributed by atoms with Crippen molar-refractivity contribution in [3.63, 3.8) is 0 Å². The van der Waals surface area contributed by atoms with Crippen molar-refractivity contribution >= 4 is 17.4 Å². The largest absolute Gasteiger partial charge is 0.491 e. The van der Waals surface area contributed by atoms with Crippen LogP contribution < -0.4 is 9.64 Å². The van der Waals surface area contributed by atoms with Crippen molar-refractivity contribution < 1.29 is 28.9 Å². The first-order valence-electron chi connectivity index (χ1n) is 12.6. The second kappa shape index (κ2) is 11.7. The smallest absolute Gasteiger partial charge is 0.337 e. The lowest BCUT2D eigenvalue weighted by Gasteiger charge is -2.43. The summed E-state index contributed by atoms with van der Waals surface area (Å²) in [5, 5.41) is 9.02. The second-order valence-corrected chi connectivity index (χ2v) is 9.35. The summed E-state index contributed by atoms with van der Waals surface area (Å²) in [6.45, 7) is 4.19. The van der Waals surface area contributed by atoms with Gasteiger partial charge in [-0.3, -0.25) is 4.79 Å². The van der Waals surface area contributed by atoms with Crippen LogP contribution in [0.1, 0.15) is 44.6 Å². The Balaban J connectivity index is 1.61. The van der Waals surface area contributed by atoms with Crippen molar-refractivity contribution in [3.8, 4) is 5.75 Å². The summed E-state index contributed by atoms with van der Waals surface area (Å²) in [6.07, 6.45) is 3.27. The van der Waals surface area contributed by atoms with Gasteiger partial charge in [-0.25, -0.2) is 4.79 Å². The molecule has 7 nitrogen and oxygen atoms in total. The molecule has 7 heteroatoms. The van der Waals surface area contributed by atoms with E-state index in [1.165, 1.54) is 0 Å². The Morgan fingerprint density at radius 1 is 1.11 bits per heavy atom. The van der Waals surface area contributed by atoms with E-state index in [9.17, 15) is 9.59 Å². The summed E-state index contributed by atoms with van der Waals surface area (Å²) in [5.41, 5.74) is 0.609. The van der Waals surface area contributed by atoms with E-state index < -0.39 is 17.6 Å². The first kappa shape index (κ1) is 25.2. The molecule has 0 aromatic heterocycles. The van der Waals surface area contributed by atoms with Gasteiger partial charge in [-0.15, -0.1) is 0 Å². The molecule has 0 saturated carbocycles. The highest BCUT2D eigenvalue weighted by Crippen LogP contribution is 2.42. The van der Waals surface area contributed by atoms with Gasteiger partial charge in [0, 0.05) is 25.4 Å². The SMILES string of the molecule is CCCN(c1ccccc1)C1C(=O)CC(CCC2CCOC2)(c2ccc(OCCO)cc2)OC1=O. The summed E-state index contributed by atoms with van der Waals surface area (Å²) in [5.74, 6) is 0.391. The maximum Gasteiger partial charge on any atom is 0.337 e. The predicted molar refractivity (Wildman–Crippen MR) is 132 cm³/mol. The number of aliphatic hydroxyl groups is 1. The minimum atomic E-state index is -1.02. The first-order valence-corrected chi connectivity index (χ1v) is 12.6. The third-order valence-electron chi connectivity index (χ3n) is 6.87. The van der Waals surface area contributed by atoms with E-state index >= 15 is 0 Å². The molecule has 2 saturated heterocycles. The molecule has 0 spiro atoms. The molecular formula is C28H35NO6. The number of carbonyl (C=O) groups is 2. The molecule has 4 rings (SSSR count). The number of esters is 1. The fourth-order valence-corrected chi connectivity index (χ4v) is 5.07. The van der Waals surface area contributed by atoms with E-state index in [2.05, 4.69) is 0 Å².